The second-order valence-corrected chi connectivity index (χ2v) is 6.82. The molecule has 132 valence electrons. The molecule has 1 aliphatic heterocycles. The number of hydrogen-bond acceptors (Lipinski definition) is 4. The van der Waals surface area contributed by atoms with Gasteiger partial charge in [-0.1, -0.05) is 0 Å². The molecular weight excluding hydrogens is 308 g/mol. The van der Waals surface area contributed by atoms with Crippen molar-refractivity contribution < 1.29 is 18.7 Å². The minimum absolute atomic E-state index is 0.0355. The van der Waals surface area contributed by atoms with E-state index in [0.29, 0.717) is 45.0 Å². The van der Waals surface area contributed by atoms with E-state index < -0.39 is 0 Å². The molecule has 2 fully saturated rings. The molecule has 0 unspecified atom stereocenters. The molecule has 6 heteroatoms. The van der Waals surface area contributed by atoms with Crippen molar-refractivity contribution in [2.75, 3.05) is 19.7 Å². The summed E-state index contributed by atoms with van der Waals surface area (Å²) in [4.78, 5) is 26.4. The predicted molar refractivity (Wildman–Crippen MR) is 88.0 cm³/mol. The lowest BCUT2D eigenvalue weighted by atomic mass is 9.95. The average molecular weight is 334 g/mol. The summed E-state index contributed by atoms with van der Waals surface area (Å²) in [5.74, 6) is 1.45. The summed E-state index contributed by atoms with van der Waals surface area (Å²) < 4.78 is 10.9. The standard InChI is InChI=1S/C18H26N2O4/c1-13(24-12-14-4-5-14)18(22)20-8-6-15(7-9-20)17(21)19-11-16-3-2-10-23-16/h2-3,10,13-15H,4-9,11-12H2,1H3,(H,19,21)/t13-/m0/s1. The van der Waals surface area contributed by atoms with Crippen LogP contribution in [0.25, 0.3) is 0 Å². The Morgan fingerprint density at radius 2 is 2.08 bits per heavy atom. The van der Waals surface area contributed by atoms with Gasteiger partial charge in [0.2, 0.25) is 5.91 Å². The van der Waals surface area contributed by atoms with Gasteiger partial charge in [-0.05, 0) is 50.7 Å². The Hall–Kier alpha value is -1.82. The molecule has 0 radical (unpaired) electrons. The largest absolute Gasteiger partial charge is 0.467 e. The second-order valence-electron chi connectivity index (χ2n) is 6.82. The van der Waals surface area contributed by atoms with E-state index in [-0.39, 0.29) is 23.8 Å². The highest BCUT2D eigenvalue weighted by Gasteiger charge is 2.30. The molecule has 1 N–H and O–H groups in total. The van der Waals surface area contributed by atoms with Crippen molar-refractivity contribution in [1.29, 1.82) is 0 Å². The number of furan rings is 1. The zero-order chi connectivity index (χ0) is 16.9. The summed E-state index contributed by atoms with van der Waals surface area (Å²) in [6.07, 6.45) is 5.06. The molecule has 2 aliphatic rings. The molecule has 2 amide bonds. The Balaban J connectivity index is 1.37. The van der Waals surface area contributed by atoms with Gasteiger partial charge >= 0.3 is 0 Å². The van der Waals surface area contributed by atoms with E-state index in [4.69, 9.17) is 9.15 Å². The molecule has 3 rings (SSSR count). The fourth-order valence-electron chi connectivity index (χ4n) is 2.99. The second kappa shape index (κ2) is 7.83. The third-order valence-electron chi connectivity index (χ3n) is 4.82. The number of piperidine rings is 1. The number of amides is 2. The van der Waals surface area contributed by atoms with Gasteiger partial charge in [-0.2, -0.15) is 0 Å². The fourth-order valence-corrected chi connectivity index (χ4v) is 2.99. The maximum absolute atomic E-state index is 12.4. The van der Waals surface area contributed by atoms with Crippen molar-refractivity contribution in [3.63, 3.8) is 0 Å². The highest BCUT2D eigenvalue weighted by atomic mass is 16.5. The zero-order valence-corrected chi connectivity index (χ0v) is 14.2. The molecule has 2 heterocycles. The normalized spacial score (nSPS) is 20.0. The summed E-state index contributed by atoms with van der Waals surface area (Å²) in [7, 11) is 0. The number of ether oxygens (including phenoxy) is 1. The van der Waals surface area contributed by atoms with Gasteiger partial charge in [0.25, 0.3) is 5.91 Å². The van der Waals surface area contributed by atoms with Crippen LogP contribution in [0.2, 0.25) is 0 Å². The number of nitrogens with zero attached hydrogens (tertiary/aromatic N) is 1. The topological polar surface area (TPSA) is 71.8 Å². The van der Waals surface area contributed by atoms with Crippen molar-refractivity contribution in [2.45, 2.75) is 45.3 Å². The van der Waals surface area contributed by atoms with E-state index in [1.807, 2.05) is 17.9 Å². The van der Waals surface area contributed by atoms with E-state index in [1.165, 1.54) is 12.8 Å². The van der Waals surface area contributed by atoms with Crippen molar-refractivity contribution in [3.8, 4) is 0 Å². The third-order valence-corrected chi connectivity index (χ3v) is 4.82. The fraction of sp³-hybridized carbons (Fsp3) is 0.667. The van der Waals surface area contributed by atoms with E-state index >= 15 is 0 Å². The number of likely N-dealkylation sites (tertiary alicyclic amines) is 1. The van der Waals surface area contributed by atoms with Crippen LogP contribution in [0.1, 0.15) is 38.4 Å². The first kappa shape index (κ1) is 17.0. The summed E-state index contributed by atoms with van der Waals surface area (Å²) >= 11 is 0. The van der Waals surface area contributed by atoms with Crippen molar-refractivity contribution >= 4 is 11.8 Å². The molecule has 24 heavy (non-hydrogen) atoms. The Labute approximate surface area is 142 Å². The van der Waals surface area contributed by atoms with Gasteiger partial charge < -0.3 is 19.4 Å². The van der Waals surface area contributed by atoms with E-state index in [2.05, 4.69) is 5.32 Å². The van der Waals surface area contributed by atoms with Crippen LogP contribution in [0.5, 0.6) is 0 Å². The minimum atomic E-state index is -0.380. The maximum Gasteiger partial charge on any atom is 0.251 e. The highest BCUT2D eigenvalue weighted by molar-refractivity contribution is 5.82. The van der Waals surface area contributed by atoms with Crippen LogP contribution >= 0.6 is 0 Å². The lowest BCUT2D eigenvalue weighted by Crippen LogP contribution is -2.46. The van der Waals surface area contributed by atoms with Gasteiger partial charge in [0.05, 0.1) is 19.4 Å². The molecule has 1 atom stereocenters. The van der Waals surface area contributed by atoms with Crippen LogP contribution in [0.4, 0.5) is 0 Å². The third kappa shape index (κ3) is 4.60. The molecule has 0 spiro atoms. The molecular formula is C18H26N2O4. The van der Waals surface area contributed by atoms with Gasteiger partial charge in [0, 0.05) is 19.0 Å². The predicted octanol–water partition coefficient (Wildman–Crippen LogP) is 1.95. The van der Waals surface area contributed by atoms with E-state index in [0.717, 1.165) is 5.76 Å². The average Bonchev–Trinajstić information content (AvgIpc) is 3.30. The van der Waals surface area contributed by atoms with Crippen LogP contribution < -0.4 is 5.32 Å². The SMILES string of the molecule is C[C@H](OCC1CC1)C(=O)N1CCC(C(=O)NCc2ccco2)CC1. The van der Waals surface area contributed by atoms with Gasteiger partial charge in [-0.25, -0.2) is 0 Å². The number of rotatable bonds is 7. The number of carbonyl (C=O) groups is 2. The Kier molecular flexibility index (Phi) is 5.56. The van der Waals surface area contributed by atoms with Crippen molar-refractivity contribution in [3.05, 3.63) is 24.2 Å². The smallest absolute Gasteiger partial charge is 0.251 e. The molecule has 0 aromatic carbocycles. The molecule has 0 bridgehead atoms. The maximum atomic E-state index is 12.4. The molecule has 1 saturated carbocycles. The molecule has 6 nitrogen and oxygen atoms in total. The lowest BCUT2D eigenvalue weighted by Gasteiger charge is -2.32. The van der Waals surface area contributed by atoms with Gasteiger partial charge in [-0.15, -0.1) is 0 Å². The minimum Gasteiger partial charge on any atom is -0.467 e. The van der Waals surface area contributed by atoms with Crippen LogP contribution in [0.15, 0.2) is 22.8 Å². The molecule has 1 aliphatic carbocycles. The van der Waals surface area contributed by atoms with Crippen LogP contribution in [0, 0.1) is 11.8 Å². The van der Waals surface area contributed by atoms with Gasteiger partial charge in [0.1, 0.15) is 11.9 Å². The Morgan fingerprint density at radius 3 is 2.71 bits per heavy atom. The Morgan fingerprint density at radius 1 is 1.33 bits per heavy atom. The first-order chi connectivity index (χ1) is 11.6. The van der Waals surface area contributed by atoms with Crippen LogP contribution in [-0.2, 0) is 20.9 Å². The van der Waals surface area contributed by atoms with E-state index in [9.17, 15) is 9.59 Å². The molecule has 1 saturated heterocycles. The van der Waals surface area contributed by atoms with Crippen molar-refractivity contribution in [2.24, 2.45) is 11.8 Å². The molecule has 1 aromatic heterocycles. The number of carbonyl (C=O) groups excluding carboxylic acids is 2. The number of hydrogen-bond donors (Lipinski definition) is 1. The first-order valence-electron chi connectivity index (χ1n) is 8.84. The van der Waals surface area contributed by atoms with Gasteiger partial charge in [0.15, 0.2) is 0 Å². The van der Waals surface area contributed by atoms with Gasteiger partial charge in [-0.3, -0.25) is 9.59 Å². The monoisotopic (exact) mass is 334 g/mol. The lowest BCUT2D eigenvalue weighted by molar-refractivity contribution is -0.145. The van der Waals surface area contributed by atoms with Crippen molar-refractivity contribution in [1.82, 2.24) is 10.2 Å². The number of nitrogens with one attached hydrogen (secondary N) is 1. The molecule has 1 aromatic rings. The summed E-state index contributed by atoms with van der Waals surface area (Å²) in [5.41, 5.74) is 0. The summed E-state index contributed by atoms with van der Waals surface area (Å²) in [5, 5.41) is 2.90. The summed E-state index contributed by atoms with van der Waals surface area (Å²) in [6.45, 7) is 4.17. The quantitative estimate of drug-likeness (QED) is 0.827. The first-order valence-corrected chi connectivity index (χ1v) is 8.84. The highest BCUT2D eigenvalue weighted by Crippen LogP contribution is 2.29. The van der Waals surface area contributed by atoms with E-state index in [1.54, 1.807) is 12.3 Å². The Bertz CT molecular complexity index is 545. The van der Waals surface area contributed by atoms with Crippen LogP contribution in [-0.4, -0.2) is 42.5 Å². The zero-order valence-electron chi connectivity index (χ0n) is 14.2. The summed E-state index contributed by atoms with van der Waals surface area (Å²) in [6, 6.07) is 3.64. The van der Waals surface area contributed by atoms with Crippen LogP contribution in [0.3, 0.4) is 0 Å².